The quantitative estimate of drug-likeness (QED) is 0.669. The van der Waals surface area contributed by atoms with Crippen molar-refractivity contribution in [1.82, 2.24) is 20.5 Å². The molecule has 0 spiro atoms. The van der Waals surface area contributed by atoms with E-state index in [1.165, 1.54) is 12.1 Å². The predicted molar refractivity (Wildman–Crippen MR) is 84.7 cm³/mol. The molecule has 0 atom stereocenters. The molecule has 0 aliphatic carbocycles. The van der Waals surface area contributed by atoms with E-state index in [9.17, 15) is 9.18 Å². The van der Waals surface area contributed by atoms with Crippen molar-refractivity contribution in [2.45, 2.75) is 6.54 Å². The topological polar surface area (TPSA) is 106 Å². The number of urea groups is 1. The largest absolute Gasteiger partial charge is 0.453 e. The monoisotopic (exact) mass is 327 g/mol. The number of nitrogens with two attached hydrogens (primary N) is 1. The Morgan fingerprint density at radius 2 is 2.08 bits per heavy atom. The summed E-state index contributed by atoms with van der Waals surface area (Å²) < 4.78 is 18.9. The van der Waals surface area contributed by atoms with Gasteiger partial charge in [0.25, 0.3) is 0 Å². The zero-order valence-corrected chi connectivity index (χ0v) is 12.5. The number of aromatic nitrogens is 3. The number of nitrogens with zero attached hydrogens (tertiary/aromatic N) is 2. The van der Waals surface area contributed by atoms with Crippen molar-refractivity contribution in [2.24, 2.45) is 5.73 Å². The van der Waals surface area contributed by atoms with Gasteiger partial charge in [0.2, 0.25) is 0 Å². The summed E-state index contributed by atoms with van der Waals surface area (Å²) in [6, 6.07) is 8.67. The zero-order valence-electron chi connectivity index (χ0n) is 12.5. The number of aromatic amines is 1. The Labute approximate surface area is 136 Å². The highest BCUT2D eigenvalue weighted by Gasteiger charge is 2.11. The van der Waals surface area contributed by atoms with Crippen LogP contribution in [0.3, 0.4) is 0 Å². The van der Waals surface area contributed by atoms with Crippen LogP contribution >= 0.6 is 0 Å². The first-order valence-corrected chi connectivity index (χ1v) is 7.07. The Hall–Kier alpha value is -3.42. The molecule has 0 aliphatic rings. The van der Waals surface area contributed by atoms with Gasteiger partial charge in [-0.1, -0.05) is 0 Å². The molecule has 4 N–H and O–H groups in total. The average Bonchev–Trinajstić information content (AvgIpc) is 3.02. The van der Waals surface area contributed by atoms with Gasteiger partial charge in [-0.2, -0.15) is 5.10 Å². The van der Waals surface area contributed by atoms with Crippen LogP contribution in [-0.2, 0) is 6.54 Å². The summed E-state index contributed by atoms with van der Waals surface area (Å²) in [5.74, 6) is 0.690. The summed E-state index contributed by atoms with van der Waals surface area (Å²) in [5, 5.41) is 9.32. The highest BCUT2D eigenvalue weighted by atomic mass is 19.1. The molecule has 7 nitrogen and oxygen atoms in total. The molecule has 0 unspecified atom stereocenters. The fourth-order valence-electron chi connectivity index (χ4n) is 2.09. The van der Waals surface area contributed by atoms with Gasteiger partial charge in [-0.25, -0.2) is 9.18 Å². The molecule has 0 fully saturated rings. The van der Waals surface area contributed by atoms with E-state index >= 15 is 0 Å². The van der Waals surface area contributed by atoms with Crippen LogP contribution in [0.25, 0.3) is 11.3 Å². The van der Waals surface area contributed by atoms with Crippen LogP contribution in [0, 0.1) is 5.82 Å². The summed E-state index contributed by atoms with van der Waals surface area (Å²) in [6.45, 7) is 0.197. The van der Waals surface area contributed by atoms with Crippen LogP contribution < -0.4 is 15.8 Å². The number of carbonyl (C=O) groups is 1. The molecule has 3 rings (SSSR count). The first-order chi connectivity index (χ1) is 11.6. The van der Waals surface area contributed by atoms with Gasteiger partial charge in [-0.15, -0.1) is 0 Å². The SMILES string of the molecule is NC(=O)NCc1cc(Oc2c[nH]nc2-c2ccc(F)cc2)ccn1. The predicted octanol–water partition coefficient (Wildman–Crippen LogP) is 2.57. The van der Waals surface area contributed by atoms with Gasteiger partial charge in [0.1, 0.15) is 17.3 Å². The number of hydrogen-bond acceptors (Lipinski definition) is 4. The standard InChI is InChI=1S/C16H14FN5O2/c17-11-3-1-10(2-4-11)15-14(9-21-22-15)24-13-5-6-19-12(7-13)8-20-16(18)23/h1-7,9H,8H2,(H,21,22)(H3,18,20,23). The number of amides is 2. The molecule has 0 bridgehead atoms. The summed E-state index contributed by atoms with van der Waals surface area (Å²) >= 11 is 0. The van der Waals surface area contributed by atoms with Crippen molar-refractivity contribution in [1.29, 1.82) is 0 Å². The fraction of sp³-hybridized carbons (Fsp3) is 0.0625. The molecule has 2 heterocycles. The number of carbonyl (C=O) groups excluding carboxylic acids is 1. The Balaban J connectivity index is 1.80. The van der Waals surface area contributed by atoms with Crippen LogP contribution in [0.15, 0.2) is 48.8 Å². The van der Waals surface area contributed by atoms with Gasteiger partial charge in [-0.3, -0.25) is 10.1 Å². The van der Waals surface area contributed by atoms with E-state index in [0.29, 0.717) is 22.9 Å². The second kappa shape index (κ2) is 6.78. The maximum absolute atomic E-state index is 13.0. The molecule has 0 saturated carbocycles. The van der Waals surface area contributed by atoms with Crippen molar-refractivity contribution in [3.05, 3.63) is 60.3 Å². The Morgan fingerprint density at radius 1 is 1.29 bits per heavy atom. The highest BCUT2D eigenvalue weighted by Crippen LogP contribution is 2.31. The lowest BCUT2D eigenvalue weighted by Gasteiger charge is -2.07. The third-order valence-electron chi connectivity index (χ3n) is 3.18. The normalized spacial score (nSPS) is 10.4. The van der Waals surface area contributed by atoms with E-state index in [-0.39, 0.29) is 12.4 Å². The van der Waals surface area contributed by atoms with E-state index in [1.807, 2.05) is 0 Å². The molecule has 3 aromatic rings. The van der Waals surface area contributed by atoms with E-state index in [2.05, 4.69) is 20.5 Å². The molecule has 122 valence electrons. The van der Waals surface area contributed by atoms with Crippen LogP contribution in [0.2, 0.25) is 0 Å². The second-order valence-corrected chi connectivity index (χ2v) is 4.91. The molecule has 0 aliphatic heterocycles. The van der Waals surface area contributed by atoms with Crippen molar-refractivity contribution in [3.63, 3.8) is 0 Å². The Kier molecular flexibility index (Phi) is 4.37. The van der Waals surface area contributed by atoms with Crippen molar-refractivity contribution in [3.8, 4) is 22.8 Å². The van der Waals surface area contributed by atoms with Gasteiger partial charge in [0.05, 0.1) is 18.4 Å². The van der Waals surface area contributed by atoms with Gasteiger partial charge >= 0.3 is 6.03 Å². The summed E-state index contributed by atoms with van der Waals surface area (Å²) in [5.41, 5.74) is 6.91. The minimum absolute atomic E-state index is 0.197. The maximum atomic E-state index is 13.0. The molecule has 2 amide bonds. The molecule has 0 saturated heterocycles. The number of halogens is 1. The molecule has 2 aromatic heterocycles. The lowest BCUT2D eigenvalue weighted by Crippen LogP contribution is -2.28. The number of hydrogen-bond donors (Lipinski definition) is 3. The van der Waals surface area contributed by atoms with Crippen LogP contribution in [-0.4, -0.2) is 21.2 Å². The van der Waals surface area contributed by atoms with Gasteiger partial charge in [-0.05, 0) is 30.3 Å². The first-order valence-electron chi connectivity index (χ1n) is 7.07. The molecule has 0 radical (unpaired) electrons. The molecular formula is C16H14FN5O2. The lowest BCUT2D eigenvalue weighted by molar-refractivity contribution is 0.248. The summed E-state index contributed by atoms with van der Waals surface area (Å²) in [4.78, 5) is 14.9. The van der Waals surface area contributed by atoms with Crippen LogP contribution in [0.4, 0.5) is 9.18 Å². The van der Waals surface area contributed by atoms with E-state index in [4.69, 9.17) is 10.5 Å². The maximum Gasteiger partial charge on any atom is 0.312 e. The van der Waals surface area contributed by atoms with Crippen LogP contribution in [0.5, 0.6) is 11.5 Å². The second-order valence-electron chi connectivity index (χ2n) is 4.91. The molecule has 1 aromatic carbocycles. The summed E-state index contributed by atoms with van der Waals surface area (Å²) in [6.07, 6.45) is 3.16. The minimum atomic E-state index is -0.628. The summed E-state index contributed by atoms with van der Waals surface area (Å²) in [7, 11) is 0. The van der Waals surface area contributed by atoms with Crippen molar-refractivity contribution >= 4 is 6.03 Å². The Bertz CT molecular complexity index is 848. The number of rotatable bonds is 5. The number of H-pyrrole nitrogens is 1. The zero-order chi connectivity index (χ0) is 16.9. The van der Waals surface area contributed by atoms with Gasteiger partial charge in [0.15, 0.2) is 5.75 Å². The number of nitrogens with one attached hydrogen (secondary N) is 2. The smallest absolute Gasteiger partial charge is 0.312 e. The van der Waals surface area contributed by atoms with E-state index in [1.54, 1.807) is 36.7 Å². The highest BCUT2D eigenvalue weighted by molar-refractivity contribution is 5.71. The number of pyridine rings is 1. The number of ether oxygens (including phenoxy) is 1. The number of primary amides is 1. The fourth-order valence-corrected chi connectivity index (χ4v) is 2.09. The van der Waals surface area contributed by atoms with Gasteiger partial charge < -0.3 is 15.8 Å². The first kappa shape index (κ1) is 15.5. The third kappa shape index (κ3) is 3.67. The van der Waals surface area contributed by atoms with Crippen molar-refractivity contribution in [2.75, 3.05) is 0 Å². The van der Waals surface area contributed by atoms with E-state index in [0.717, 1.165) is 5.56 Å². The Morgan fingerprint density at radius 3 is 2.83 bits per heavy atom. The van der Waals surface area contributed by atoms with E-state index < -0.39 is 6.03 Å². The third-order valence-corrected chi connectivity index (χ3v) is 3.18. The lowest BCUT2D eigenvalue weighted by atomic mass is 10.1. The molecule has 24 heavy (non-hydrogen) atoms. The van der Waals surface area contributed by atoms with Gasteiger partial charge in [0, 0.05) is 17.8 Å². The number of benzene rings is 1. The van der Waals surface area contributed by atoms with Crippen molar-refractivity contribution < 1.29 is 13.9 Å². The van der Waals surface area contributed by atoms with Crippen LogP contribution in [0.1, 0.15) is 5.69 Å². The molecule has 8 heteroatoms. The average molecular weight is 327 g/mol. The minimum Gasteiger partial charge on any atom is -0.453 e. The molecular weight excluding hydrogens is 313 g/mol.